The van der Waals surface area contributed by atoms with Crippen LogP contribution in [0.2, 0.25) is 0 Å². The summed E-state index contributed by atoms with van der Waals surface area (Å²) in [5, 5.41) is 3.31. The fraction of sp³-hybridized carbons (Fsp3) is 0.533. The normalized spacial score (nSPS) is 16.3. The molecule has 19 heavy (non-hydrogen) atoms. The van der Waals surface area contributed by atoms with Crippen molar-refractivity contribution in [2.75, 3.05) is 19.0 Å². The van der Waals surface area contributed by atoms with E-state index in [2.05, 4.69) is 5.32 Å². The molecule has 0 spiro atoms. The molecular formula is C15H20ClNO2. The molecule has 0 amide bonds. The number of Topliss-reactive ketones (excluding diaryl/α,β-unsaturated/α-hetero) is 1. The number of halogens is 1. The summed E-state index contributed by atoms with van der Waals surface area (Å²) in [5.74, 6) is 1.53. The topological polar surface area (TPSA) is 38.3 Å². The minimum absolute atomic E-state index is 0.147. The quantitative estimate of drug-likeness (QED) is 0.643. The molecule has 1 aromatic rings. The summed E-state index contributed by atoms with van der Waals surface area (Å²) in [6.45, 7) is 2.03. The van der Waals surface area contributed by atoms with Gasteiger partial charge >= 0.3 is 0 Å². The van der Waals surface area contributed by atoms with Gasteiger partial charge in [-0.25, -0.2) is 0 Å². The van der Waals surface area contributed by atoms with Gasteiger partial charge in [0.1, 0.15) is 11.9 Å². The summed E-state index contributed by atoms with van der Waals surface area (Å²) in [6.07, 6.45) is 3.61. The summed E-state index contributed by atoms with van der Waals surface area (Å²) in [4.78, 5) is 11.8. The van der Waals surface area contributed by atoms with Crippen LogP contribution >= 0.6 is 11.6 Å². The van der Waals surface area contributed by atoms with E-state index in [1.165, 1.54) is 0 Å². The van der Waals surface area contributed by atoms with Crippen LogP contribution in [0.3, 0.4) is 0 Å². The largest absolute Gasteiger partial charge is 0.490 e. The number of alkyl halides is 1. The molecule has 0 radical (unpaired) electrons. The molecule has 1 aromatic carbocycles. The lowest BCUT2D eigenvalue weighted by Crippen LogP contribution is -2.34. The van der Waals surface area contributed by atoms with E-state index in [0.717, 1.165) is 43.7 Å². The molecule has 1 aliphatic rings. The molecule has 0 unspecified atom stereocenters. The Labute approximate surface area is 119 Å². The first-order chi connectivity index (χ1) is 9.29. The van der Waals surface area contributed by atoms with Gasteiger partial charge in [-0.2, -0.15) is 0 Å². The Bertz CT molecular complexity index is 399. The van der Waals surface area contributed by atoms with Crippen molar-refractivity contribution in [1.29, 1.82) is 0 Å². The van der Waals surface area contributed by atoms with Crippen molar-refractivity contribution in [3.63, 3.8) is 0 Å². The molecule has 0 aliphatic carbocycles. The number of hydrogen-bond acceptors (Lipinski definition) is 3. The first kappa shape index (κ1) is 14.4. The van der Waals surface area contributed by atoms with Crippen LogP contribution in [-0.2, 0) is 0 Å². The fourth-order valence-corrected chi connectivity index (χ4v) is 2.33. The van der Waals surface area contributed by atoms with Gasteiger partial charge in [-0.1, -0.05) is 0 Å². The average molecular weight is 282 g/mol. The molecule has 3 nitrogen and oxygen atoms in total. The molecule has 0 aromatic heterocycles. The molecular weight excluding hydrogens is 262 g/mol. The second-order valence-corrected chi connectivity index (χ2v) is 5.19. The van der Waals surface area contributed by atoms with Crippen molar-refractivity contribution in [3.8, 4) is 5.75 Å². The molecule has 2 rings (SSSR count). The second kappa shape index (κ2) is 7.51. The van der Waals surface area contributed by atoms with Gasteiger partial charge < -0.3 is 10.1 Å². The number of ketones is 1. The lowest BCUT2D eigenvalue weighted by atomic mass is 10.1. The molecule has 1 heterocycles. The van der Waals surface area contributed by atoms with Crippen LogP contribution in [0, 0.1) is 0 Å². The Hall–Kier alpha value is -1.06. The smallest absolute Gasteiger partial charge is 0.162 e. The number of hydrogen-bond donors (Lipinski definition) is 1. The highest BCUT2D eigenvalue weighted by Gasteiger charge is 2.14. The van der Waals surface area contributed by atoms with Gasteiger partial charge in [-0.05, 0) is 56.6 Å². The highest BCUT2D eigenvalue weighted by Crippen LogP contribution is 2.18. The van der Waals surface area contributed by atoms with Gasteiger partial charge in [0.25, 0.3) is 0 Å². The number of rotatable bonds is 6. The van der Waals surface area contributed by atoms with Crippen LogP contribution in [0.15, 0.2) is 24.3 Å². The third-order valence-electron chi connectivity index (χ3n) is 3.30. The van der Waals surface area contributed by atoms with Crippen LogP contribution in [0.4, 0.5) is 0 Å². The minimum Gasteiger partial charge on any atom is -0.490 e. The third kappa shape index (κ3) is 4.51. The number of benzene rings is 1. The van der Waals surface area contributed by atoms with Crippen LogP contribution in [0.5, 0.6) is 5.75 Å². The van der Waals surface area contributed by atoms with Gasteiger partial charge in [0.2, 0.25) is 0 Å². The Morgan fingerprint density at radius 2 is 1.95 bits per heavy atom. The molecule has 0 atom stereocenters. The maximum Gasteiger partial charge on any atom is 0.162 e. The zero-order valence-corrected chi connectivity index (χ0v) is 11.8. The zero-order valence-electron chi connectivity index (χ0n) is 11.0. The van der Waals surface area contributed by atoms with Crippen LogP contribution < -0.4 is 10.1 Å². The van der Waals surface area contributed by atoms with Crippen molar-refractivity contribution in [1.82, 2.24) is 5.32 Å². The summed E-state index contributed by atoms with van der Waals surface area (Å²) in [5.41, 5.74) is 0.739. The van der Waals surface area contributed by atoms with Gasteiger partial charge in [-0.3, -0.25) is 4.79 Å². The van der Waals surface area contributed by atoms with E-state index in [1.54, 1.807) is 0 Å². The SMILES string of the molecule is O=C(CCCCl)c1ccc(OC2CCNCC2)cc1. The maximum atomic E-state index is 11.8. The molecule has 1 fully saturated rings. The van der Waals surface area contributed by atoms with Crippen molar-refractivity contribution >= 4 is 17.4 Å². The van der Waals surface area contributed by atoms with Crippen molar-refractivity contribution < 1.29 is 9.53 Å². The first-order valence-corrected chi connectivity index (χ1v) is 7.39. The minimum atomic E-state index is 0.147. The Morgan fingerprint density at radius 3 is 2.58 bits per heavy atom. The fourth-order valence-electron chi connectivity index (χ4n) is 2.20. The van der Waals surface area contributed by atoms with E-state index in [4.69, 9.17) is 16.3 Å². The summed E-state index contributed by atoms with van der Waals surface area (Å²) < 4.78 is 5.90. The Kier molecular flexibility index (Phi) is 5.67. The predicted octanol–water partition coefficient (Wildman–Crippen LogP) is 3.02. The molecule has 4 heteroatoms. The number of ether oxygens (including phenoxy) is 1. The van der Waals surface area contributed by atoms with Gasteiger partial charge in [-0.15, -0.1) is 11.6 Å². The number of piperidine rings is 1. The van der Waals surface area contributed by atoms with Crippen LogP contribution in [0.1, 0.15) is 36.0 Å². The molecule has 0 bridgehead atoms. The van der Waals surface area contributed by atoms with Gasteiger partial charge in [0, 0.05) is 17.9 Å². The van der Waals surface area contributed by atoms with Crippen molar-refractivity contribution in [3.05, 3.63) is 29.8 Å². The highest BCUT2D eigenvalue weighted by molar-refractivity contribution is 6.18. The van der Waals surface area contributed by atoms with E-state index in [9.17, 15) is 4.79 Å². The van der Waals surface area contributed by atoms with Crippen LogP contribution in [0.25, 0.3) is 0 Å². The van der Waals surface area contributed by atoms with E-state index < -0.39 is 0 Å². The van der Waals surface area contributed by atoms with E-state index in [1.807, 2.05) is 24.3 Å². The molecule has 104 valence electrons. The standard InChI is InChI=1S/C15H20ClNO2/c16-9-1-2-15(18)12-3-5-13(6-4-12)19-14-7-10-17-11-8-14/h3-6,14,17H,1-2,7-11H2. The molecule has 0 saturated carbocycles. The van der Waals surface area contributed by atoms with Crippen molar-refractivity contribution in [2.24, 2.45) is 0 Å². The summed E-state index contributed by atoms with van der Waals surface area (Å²) in [6, 6.07) is 7.45. The summed E-state index contributed by atoms with van der Waals surface area (Å²) in [7, 11) is 0. The average Bonchev–Trinajstić information content (AvgIpc) is 2.46. The lowest BCUT2D eigenvalue weighted by Gasteiger charge is -2.23. The first-order valence-electron chi connectivity index (χ1n) is 6.86. The number of nitrogens with one attached hydrogen (secondary N) is 1. The molecule has 1 N–H and O–H groups in total. The Balaban J connectivity index is 1.88. The van der Waals surface area contributed by atoms with E-state index in [-0.39, 0.29) is 5.78 Å². The van der Waals surface area contributed by atoms with Gasteiger partial charge in [0.05, 0.1) is 0 Å². The molecule has 1 saturated heterocycles. The van der Waals surface area contributed by atoms with Crippen molar-refractivity contribution in [2.45, 2.75) is 31.8 Å². The number of carbonyl (C=O) groups excluding carboxylic acids is 1. The van der Waals surface area contributed by atoms with Crippen LogP contribution in [-0.4, -0.2) is 30.9 Å². The van der Waals surface area contributed by atoms with E-state index in [0.29, 0.717) is 18.4 Å². The summed E-state index contributed by atoms with van der Waals surface area (Å²) >= 11 is 5.59. The molecule has 1 aliphatic heterocycles. The predicted molar refractivity (Wildman–Crippen MR) is 77.2 cm³/mol. The Morgan fingerprint density at radius 1 is 1.26 bits per heavy atom. The third-order valence-corrected chi connectivity index (χ3v) is 3.57. The zero-order chi connectivity index (χ0) is 13.5. The maximum absolute atomic E-state index is 11.8. The number of carbonyl (C=O) groups is 1. The second-order valence-electron chi connectivity index (χ2n) is 4.81. The highest BCUT2D eigenvalue weighted by atomic mass is 35.5. The lowest BCUT2D eigenvalue weighted by molar-refractivity contribution is 0.0982. The van der Waals surface area contributed by atoms with E-state index >= 15 is 0 Å². The van der Waals surface area contributed by atoms with Gasteiger partial charge in [0.15, 0.2) is 5.78 Å². The monoisotopic (exact) mass is 281 g/mol.